The van der Waals surface area contributed by atoms with Crippen LogP contribution >= 0.6 is 11.3 Å². The summed E-state index contributed by atoms with van der Waals surface area (Å²) in [5.41, 5.74) is 3.13. The second-order valence-electron chi connectivity index (χ2n) is 11.3. The molecule has 0 radical (unpaired) electrons. The number of phenolic OH excluding ortho intramolecular Hbond substituents is 1. The number of benzene rings is 3. The number of thiophene rings is 1. The average Bonchev–Trinajstić information content (AvgIpc) is 3.77. The van der Waals surface area contributed by atoms with Crippen molar-refractivity contribution in [2.24, 2.45) is 0 Å². The highest BCUT2D eigenvalue weighted by Gasteiger charge is 2.28. The number of methoxy groups -OCH3 is 1. The Hall–Kier alpha value is -4.01. The van der Waals surface area contributed by atoms with Gasteiger partial charge in [-0.15, -0.1) is 11.3 Å². The second kappa shape index (κ2) is 12.7. The fraction of sp³-hybridized carbons (Fsp3) is 0.343. The smallest absolute Gasteiger partial charge is 0.195 e. The van der Waals surface area contributed by atoms with E-state index < -0.39 is 0 Å². The van der Waals surface area contributed by atoms with Gasteiger partial charge < -0.3 is 14.6 Å². The van der Waals surface area contributed by atoms with E-state index in [2.05, 4.69) is 15.7 Å². The molecule has 0 unspecified atom stereocenters. The Balaban J connectivity index is 1.25. The van der Waals surface area contributed by atoms with Gasteiger partial charge in [0.15, 0.2) is 12.3 Å². The standard InChI is InChI=1S/C35H36N2O5S/c1-23(38)30-6-5-17-37(30)18-19-42-28-12-9-24(10-13-28)35-33(29-14-11-27(39)21-32(29)43-35)34(40)25-7-8-26(31(20-25)41-2)22-36-15-3-4-16-36/h7-15,20-21,30H,3-6,16-19,22H2,1-2H3/p+1/t30-/m0/s1. The molecule has 1 atom stereocenters. The largest absolute Gasteiger partial charge is 0.508 e. The Bertz CT molecular complexity index is 1690. The van der Waals surface area contributed by atoms with Crippen molar-refractivity contribution in [3.8, 4) is 27.7 Å². The summed E-state index contributed by atoms with van der Waals surface area (Å²) in [7, 11) is 1.64. The quantitative estimate of drug-likeness (QED) is 0.161. The number of hydrogen-bond donors (Lipinski definition) is 1. The zero-order valence-electron chi connectivity index (χ0n) is 24.7. The molecule has 43 heavy (non-hydrogen) atoms. The highest BCUT2D eigenvalue weighted by molar-refractivity contribution is 7.22. The highest BCUT2D eigenvalue weighted by atomic mass is 32.1. The van der Waals surface area contributed by atoms with Gasteiger partial charge in [-0.1, -0.05) is 6.07 Å². The minimum Gasteiger partial charge on any atom is -0.508 e. The first-order chi connectivity index (χ1) is 20.9. The monoisotopic (exact) mass is 597 g/mol. The third-order valence-corrected chi connectivity index (χ3v) is 9.66. The number of ether oxygens (including phenoxy) is 2. The van der Waals surface area contributed by atoms with Crippen molar-refractivity contribution in [1.82, 2.24) is 4.90 Å². The van der Waals surface area contributed by atoms with Crippen LogP contribution in [0.2, 0.25) is 0 Å². The molecule has 1 aromatic heterocycles. The molecule has 6 rings (SSSR count). The maximum absolute atomic E-state index is 14.2. The fourth-order valence-electron chi connectivity index (χ4n) is 6.23. The Labute approximate surface area is 256 Å². The first-order valence-corrected chi connectivity index (χ1v) is 15.7. The first kappa shape index (κ1) is 29.1. The van der Waals surface area contributed by atoms with Gasteiger partial charge in [0.1, 0.15) is 42.4 Å². The van der Waals surface area contributed by atoms with E-state index in [1.807, 2.05) is 48.5 Å². The van der Waals surface area contributed by atoms with Gasteiger partial charge in [0.25, 0.3) is 0 Å². The Morgan fingerprint density at radius 2 is 1.91 bits per heavy atom. The van der Waals surface area contributed by atoms with E-state index in [0.29, 0.717) is 30.0 Å². The van der Waals surface area contributed by atoms with Crippen LogP contribution in [0.25, 0.3) is 20.5 Å². The molecule has 3 heterocycles. The van der Waals surface area contributed by atoms with E-state index in [-0.39, 0.29) is 23.4 Å². The van der Waals surface area contributed by atoms with Crippen LogP contribution in [0.5, 0.6) is 17.2 Å². The van der Waals surface area contributed by atoms with E-state index in [1.54, 1.807) is 26.2 Å². The zero-order valence-corrected chi connectivity index (χ0v) is 25.5. The van der Waals surface area contributed by atoms with Crippen LogP contribution in [0.3, 0.4) is 0 Å². The van der Waals surface area contributed by atoms with Gasteiger partial charge in [-0.2, -0.15) is 0 Å². The SMILES string of the molecule is COc1cc(C(=O)c2c(-c3ccc(OCCN4CCC[C@H]4C(C)=O)cc3)sc3cc(O)ccc23)ccc1C[N+]1=CCCC1. The van der Waals surface area contributed by atoms with Gasteiger partial charge in [0.2, 0.25) is 0 Å². The van der Waals surface area contributed by atoms with Crippen LogP contribution in [0.1, 0.15) is 54.1 Å². The van der Waals surface area contributed by atoms with E-state index in [1.165, 1.54) is 11.3 Å². The van der Waals surface area contributed by atoms with Crippen molar-refractivity contribution >= 4 is 39.2 Å². The van der Waals surface area contributed by atoms with Gasteiger partial charge in [-0.05, 0) is 86.5 Å². The topological polar surface area (TPSA) is 79.1 Å². The molecule has 222 valence electrons. The van der Waals surface area contributed by atoms with Gasteiger partial charge in [0.05, 0.1) is 18.7 Å². The number of nitrogens with zero attached hydrogens (tertiary/aromatic N) is 2. The summed E-state index contributed by atoms with van der Waals surface area (Å²) in [6, 6.07) is 18.7. The fourth-order valence-corrected chi connectivity index (χ4v) is 7.47. The third-order valence-electron chi connectivity index (χ3n) is 8.46. The summed E-state index contributed by atoms with van der Waals surface area (Å²) >= 11 is 1.49. The van der Waals surface area contributed by atoms with Crippen LogP contribution in [0.4, 0.5) is 0 Å². The Morgan fingerprint density at radius 1 is 1.07 bits per heavy atom. The van der Waals surface area contributed by atoms with Crippen LogP contribution in [0.15, 0.2) is 60.7 Å². The van der Waals surface area contributed by atoms with E-state index in [4.69, 9.17) is 9.47 Å². The number of aromatic hydroxyl groups is 1. The maximum atomic E-state index is 14.2. The van der Waals surface area contributed by atoms with Crippen molar-refractivity contribution in [3.05, 3.63) is 77.4 Å². The second-order valence-corrected chi connectivity index (χ2v) is 12.4. The predicted molar refractivity (Wildman–Crippen MR) is 170 cm³/mol. The highest BCUT2D eigenvalue weighted by Crippen LogP contribution is 2.42. The van der Waals surface area contributed by atoms with Gasteiger partial charge in [-0.25, -0.2) is 4.58 Å². The molecule has 8 heteroatoms. The number of carbonyl (C=O) groups excluding carboxylic acids is 2. The molecule has 1 fully saturated rings. The summed E-state index contributed by atoms with van der Waals surface area (Å²) in [6.45, 7) is 5.59. The number of phenols is 1. The van der Waals surface area contributed by atoms with Crippen molar-refractivity contribution < 1.29 is 28.7 Å². The Kier molecular flexibility index (Phi) is 8.58. The maximum Gasteiger partial charge on any atom is 0.195 e. The lowest BCUT2D eigenvalue weighted by atomic mass is 9.96. The zero-order chi connectivity index (χ0) is 29.9. The lowest BCUT2D eigenvalue weighted by Gasteiger charge is -2.22. The van der Waals surface area contributed by atoms with E-state index in [9.17, 15) is 14.7 Å². The molecular formula is C35H37N2O5S+. The molecule has 0 bridgehead atoms. The lowest BCUT2D eigenvalue weighted by Crippen LogP contribution is -2.37. The lowest BCUT2D eigenvalue weighted by molar-refractivity contribution is -0.532. The van der Waals surface area contributed by atoms with Gasteiger partial charge in [-0.3, -0.25) is 14.5 Å². The van der Waals surface area contributed by atoms with Crippen LogP contribution < -0.4 is 9.47 Å². The molecule has 0 saturated carbocycles. The molecule has 4 aromatic rings. The number of fused-ring (bicyclic) bond motifs is 1. The molecule has 7 nitrogen and oxygen atoms in total. The van der Waals surface area contributed by atoms with E-state index in [0.717, 1.165) is 77.2 Å². The van der Waals surface area contributed by atoms with Crippen LogP contribution in [0, 0.1) is 0 Å². The number of rotatable bonds is 11. The normalized spacial score (nSPS) is 16.9. The molecule has 3 aromatic carbocycles. The first-order valence-electron chi connectivity index (χ1n) is 14.9. The molecule has 1 saturated heterocycles. The molecule has 2 aliphatic rings. The summed E-state index contributed by atoms with van der Waals surface area (Å²) in [5, 5.41) is 11.0. The summed E-state index contributed by atoms with van der Waals surface area (Å²) in [6.07, 6.45) is 6.45. The number of Topliss-reactive ketones (excluding diaryl/α,β-unsaturated/α-hetero) is 1. The summed E-state index contributed by atoms with van der Waals surface area (Å²) in [4.78, 5) is 29.1. The Morgan fingerprint density at radius 3 is 2.65 bits per heavy atom. The molecule has 1 N–H and O–H groups in total. The molecular weight excluding hydrogens is 560 g/mol. The number of likely N-dealkylation sites (tertiary alicyclic amines) is 1. The molecule has 0 aliphatic carbocycles. The average molecular weight is 598 g/mol. The van der Waals surface area contributed by atoms with E-state index >= 15 is 0 Å². The van der Waals surface area contributed by atoms with Crippen LogP contribution in [-0.2, 0) is 11.3 Å². The molecule has 0 spiro atoms. The number of ketones is 2. The molecule has 0 amide bonds. The minimum absolute atomic E-state index is 0.00841. The third kappa shape index (κ3) is 6.21. The number of carbonyl (C=O) groups is 2. The molecule has 2 aliphatic heterocycles. The summed E-state index contributed by atoms with van der Waals surface area (Å²) < 4.78 is 14.9. The van der Waals surface area contributed by atoms with Crippen LogP contribution in [-0.4, -0.2) is 71.8 Å². The van der Waals surface area contributed by atoms with Crippen molar-refractivity contribution in [2.45, 2.75) is 45.2 Å². The van der Waals surface area contributed by atoms with Crippen molar-refractivity contribution in [1.29, 1.82) is 0 Å². The summed E-state index contributed by atoms with van der Waals surface area (Å²) in [5.74, 6) is 1.74. The minimum atomic E-state index is -0.0875. The van der Waals surface area contributed by atoms with Crippen molar-refractivity contribution in [3.63, 3.8) is 0 Å². The predicted octanol–water partition coefficient (Wildman–Crippen LogP) is 6.32. The van der Waals surface area contributed by atoms with Crippen molar-refractivity contribution in [2.75, 3.05) is 33.4 Å². The van der Waals surface area contributed by atoms with Gasteiger partial charge in [0, 0.05) is 45.5 Å². The van der Waals surface area contributed by atoms with Gasteiger partial charge >= 0.3 is 0 Å². The number of hydrogen-bond acceptors (Lipinski definition) is 7.